The minimum absolute atomic E-state index is 0.635. The van der Waals surface area contributed by atoms with E-state index in [1.807, 2.05) is 18.2 Å². The second kappa shape index (κ2) is 2.92. The largest absolute Gasteiger partial charge is 0.358 e. The molecule has 0 saturated heterocycles. The van der Waals surface area contributed by atoms with Crippen LogP contribution in [0.4, 0.5) is 5.69 Å². The normalized spacial score (nSPS) is 14.6. The van der Waals surface area contributed by atoms with Crippen LogP contribution in [0.1, 0.15) is 5.56 Å². The van der Waals surface area contributed by atoms with Crippen molar-refractivity contribution in [2.75, 3.05) is 5.32 Å². The van der Waals surface area contributed by atoms with Gasteiger partial charge in [-0.15, -0.1) is 0 Å². The van der Waals surface area contributed by atoms with Gasteiger partial charge >= 0.3 is 0 Å². The Morgan fingerprint density at radius 2 is 2.25 bits per heavy atom. The smallest absolute Gasteiger partial charge is 0.171 e. The van der Waals surface area contributed by atoms with E-state index in [9.17, 15) is 0 Å². The van der Waals surface area contributed by atoms with Crippen LogP contribution in [0.5, 0.6) is 0 Å². The van der Waals surface area contributed by atoms with Crippen LogP contribution in [-0.2, 0) is 6.54 Å². The fraction of sp³-hybridized carbons (Fsp3) is 0.125. The zero-order valence-corrected chi connectivity index (χ0v) is 7.80. The Labute approximate surface area is 80.9 Å². The Hall–Kier alpha value is -0.800. The monoisotopic (exact) mass is 198 g/mol. The number of nitrogens with one attached hydrogen (secondary N) is 2. The van der Waals surface area contributed by atoms with Gasteiger partial charge in [-0.25, -0.2) is 0 Å². The van der Waals surface area contributed by atoms with Gasteiger partial charge in [0.2, 0.25) is 0 Å². The molecule has 0 amide bonds. The highest BCUT2D eigenvalue weighted by Crippen LogP contribution is 2.27. The molecule has 0 aliphatic carbocycles. The molecule has 0 unspecified atom stereocenters. The van der Waals surface area contributed by atoms with E-state index in [0.29, 0.717) is 5.11 Å². The predicted octanol–water partition coefficient (Wildman–Crippen LogP) is 2.14. The summed E-state index contributed by atoms with van der Waals surface area (Å²) in [6, 6.07) is 5.79. The maximum atomic E-state index is 5.96. The third kappa shape index (κ3) is 1.26. The van der Waals surface area contributed by atoms with Gasteiger partial charge in [-0.05, 0) is 23.8 Å². The van der Waals surface area contributed by atoms with Crippen LogP contribution in [0, 0.1) is 0 Å². The fourth-order valence-corrected chi connectivity index (χ4v) is 1.60. The fourth-order valence-electron chi connectivity index (χ4n) is 1.19. The number of halogens is 1. The number of rotatable bonds is 0. The Morgan fingerprint density at radius 1 is 1.42 bits per heavy atom. The number of hydrogen-bond donors (Lipinski definition) is 2. The van der Waals surface area contributed by atoms with E-state index in [0.717, 1.165) is 22.8 Å². The second-order valence-corrected chi connectivity index (χ2v) is 3.40. The van der Waals surface area contributed by atoms with E-state index in [-0.39, 0.29) is 0 Å². The highest BCUT2D eigenvalue weighted by atomic mass is 35.5. The maximum absolute atomic E-state index is 5.96. The molecule has 1 aromatic carbocycles. The zero-order chi connectivity index (χ0) is 8.55. The summed E-state index contributed by atoms with van der Waals surface area (Å²) in [5, 5.41) is 7.40. The molecule has 62 valence electrons. The SMILES string of the molecule is S=C1NCc2cccc(Cl)c2N1. The Balaban J connectivity index is 2.50. The summed E-state index contributed by atoms with van der Waals surface area (Å²) in [6.07, 6.45) is 0. The molecule has 4 heteroatoms. The standard InChI is InChI=1S/C8H7ClN2S/c9-6-3-1-2-5-4-10-8(12)11-7(5)6/h1-3H,4H2,(H2,10,11,12). The lowest BCUT2D eigenvalue weighted by atomic mass is 10.1. The van der Waals surface area contributed by atoms with Gasteiger partial charge in [0.15, 0.2) is 5.11 Å². The molecule has 1 aromatic rings. The summed E-state index contributed by atoms with van der Waals surface area (Å²) < 4.78 is 0. The summed E-state index contributed by atoms with van der Waals surface area (Å²) in [4.78, 5) is 0. The van der Waals surface area contributed by atoms with Crippen molar-refractivity contribution in [2.24, 2.45) is 0 Å². The molecule has 2 rings (SSSR count). The molecule has 2 N–H and O–H groups in total. The van der Waals surface area contributed by atoms with Crippen LogP contribution in [0.15, 0.2) is 18.2 Å². The van der Waals surface area contributed by atoms with Crippen LogP contribution >= 0.6 is 23.8 Å². The van der Waals surface area contributed by atoms with Gasteiger partial charge in [0.05, 0.1) is 10.7 Å². The van der Waals surface area contributed by atoms with Crippen molar-refractivity contribution in [3.05, 3.63) is 28.8 Å². The van der Waals surface area contributed by atoms with Crippen molar-refractivity contribution >= 4 is 34.6 Å². The zero-order valence-electron chi connectivity index (χ0n) is 6.23. The van der Waals surface area contributed by atoms with Crippen molar-refractivity contribution in [1.29, 1.82) is 0 Å². The van der Waals surface area contributed by atoms with Crippen molar-refractivity contribution in [2.45, 2.75) is 6.54 Å². The quantitative estimate of drug-likeness (QED) is 0.625. The number of fused-ring (bicyclic) bond motifs is 1. The molecule has 12 heavy (non-hydrogen) atoms. The predicted molar refractivity (Wildman–Crippen MR) is 54.5 cm³/mol. The Bertz CT molecular complexity index is 338. The first-order chi connectivity index (χ1) is 5.77. The highest BCUT2D eigenvalue weighted by Gasteiger charge is 2.12. The number of hydrogen-bond acceptors (Lipinski definition) is 1. The van der Waals surface area contributed by atoms with Crippen molar-refractivity contribution < 1.29 is 0 Å². The van der Waals surface area contributed by atoms with Gasteiger partial charge in [0.1, 0.15) is 0 Å². The average Bonchev–Trinajstić information content (AvgIpc) is 2.07. The van der Waals surface area contributed by atoms with E-state index >= 15 is 0 Å². The van der Waals surface area contributed by atoms with E-state index < -0.39 is 0 Å². The first-order valence-electron chi connectivity index (χ1n) is 3.59. The van der Waals surface area contributed by atoms with Gasteiger partial charge in [0.25, 0.3) is 0 Å². The highest BCUT2D eigenvalue weighted by molar-refractivity contribution is 7.80. The molecule has 0 saturated carbocycles. The van der Waals surface area contributed by atoms with Crippen molar-refractivity contribution in [3.8, 4) is 0 Å². The Kier molecular flexibility index (Phi) is 1.90. The lowest BCUT2D eigenvalue weighted by Gasteiger charge is -2.21. The molecule has 1 heterocycles. The van der Waals surface area contributed by atoms with Crippen LogP contribution in [0.25, 0.3) is 0 Å². The van der Waals surface area contributed by atoms with E-state index in [4.69, 9.17) is 23.8 Å². The molecule has 0 aromatic heterocycles. The molecule has 0 fully saturated rings. The minimum atomic E-state index is 0.635. The summed E-state index contributed by atoms with van der Waals surface area (Å²) in [6.45, 7) is 0.752. The van der Waals surface area contributed by atoms with Gasteiger partial charge in [-0.2, -0.15) is 0 Å². The summed E-state index contributed by atoms with van der Waals surface area (Å²) in [7, 11) is 0. The first kappa shape index (κ1) is 7.83. The van der Waals surface area contributed by atoms with Gasteiger partial charge in [-0.1, -0.05) is 23.7 Å². The van der Waals surface area contributed by atoms with E-state index in [1.54, 1.807) is 0 Å². The molecule has 0 radical (unpaired) electrons. The summed E-state index contributed by atoms with van der Waals surface area (Å²) in [5.41, 5.74) is 2.08. The second-order valence-electron chi connectivity index (χ2n) is 2.58. The third-order valence-corrected chi connectivity index (χ3v) is 2.34. The number of benzene rings is 1. The van der Waals surface area contributed by atoms with Gasteiger partial charge < -0.3 is 10.6 Å². The maximum Gasteiger partial charge on any atom is 0.171 e. The van der Waals surface area contributed by atoms with Crippen LogP contribution in [0.2, 0.25) is 5.02 Å². The van der Waals surface area contributed by atoms with Crippen molar-refractivity contribution in [3.63, 3.8) is 0 Å². The topological polar surface area (TPSA) is 24.1 Å². The molecule has 1 aliphatic heterocycles. The number of anilines is 1. The molecule has 2 nitrogen and oxygen atoms in total. The van der Waals surface area contributed by atoms with Crippen LogP contribution in [0.3, 0.4) is 0 Å². The molecule has 1 aliphatic rings. The van der Waals surface area contributed by atoms with Crippen LogP contribution < -0.4 is 10.6 Å². The lowest BCUT2D eigenvalue weighted by molar-refractivity contribution is 0.909. The minimum Gasteiger partial charge on any atom is -0.358 e. The Morgan fingerprint density at radius 3 is 3.08 bits per heavy atom. The first-order valence-corrected chi connectivity index (χ1v) is 4.38. The van der Waals surface area contributed by atoms with Crippen LogP contribution in [-0.4, -0.2) is 5.11 Å². The molecule has 0 spiro atoms. The molecule has 0 atom stereocenters. The number of thiocarbonyl (C=S) groups is 1. The average molecular weight is 199 g/mol. The summed E-state index contributed by atoms with van der Waals surface area (Å²) >= 11 is 10.9. The van der Waals surface area contributed by atoms with Gasteiger partial charge in [-0.3, -0.25) is 0 Å². The summed E-state index contributed by atoms with van der Waals surface area (Å²) in [5.74, 6) is 0. The molecular weight excluding hydrogens is 192 g/mol. The third-order valence-electron chi connectivity index (χ3n) is 1.78. The lowest BCUT2D eigenvalue weighted by Crippen LogP contribution is -2.33. The molecule has 0 bridgehead atoms. The van der Waals surface area contributed by atoms with Crippen molar-refractivity contribution in [1.82, 2.24) is 5.32 Å². The van der Waals surface area contributed by atoms with Gasteiger partial charge in [0, 0.05) is 6.54 Å². The number of para-hydroxylation sites is 1. The van der Waals surface area contributed by atoms with E-state index in [1.165, 1.54) is 0 Å². The van der Waals surface area contributed by atoms with E-state index in [2.05, 4.69) is 10.6 Å². The molecular formula is C8H7ClN2S.